The number of carbonyl (C=O) groups is 2. The first-order valence-corrected chi connectivity index (χ1v) is 11.1. The van der Waals surface area contributed by atoms with Crippen LogP contribution in [0.25, 0.3) is 0 Å². The van der Waals surface area contributed by atoms with Crippen LogP contribution in [0.5, 0.6) is 0 Å². The largest absolute Gasteiger partial charge is 0.273 e. The Morgan fingerprint density at radius 1 is 0.968 bits per heavy atom. The maximum absolute atomic E-state index is 12.5. The molecule has 162 valence electrons. The van der Waals surface area contributed by atoms with Gasteiger partial charge in [0.25, 0.3) is 5.91 Å². The summed E-state index contributed by atoms with van der Waals surface area (Å²) in [4.78, 5) is 24.2. The van der Waals surface area contributed by atoms with E-state index in [4.69, 9.17) is 0 Å². The molecule has 0 radical (unpaired) electrons. The lowest BCUT2D eigenvalue weighted by atomic mass is 10.2. The molecule has 3 rings (SSSR count). The van der Waals surface area contributed by atoms with E-state index in [0.717, 1.165) is 5.56 Å². The predicted octanol–water partition coefficient (Wildman–Crippen LogP) is 1.60. The number of sulfonamides is 1. The molecule has 9 nitrogen and oxygen atoms in total. The Morgan fingerprint density at radius 3 is 2.52 bits per heavy atom. The zero-order chi connectivity index (χ0) is 22.1. The van der Waals surface area contributed by atoms with Gasteiger partial charge < -0.3 is 0 Å². The van der Waals surface area contributed by atoms with Gasteiger partial charge in [0.05, 0.1) is 4.90 Å². The van der Waals surface area contributed by atoms with Crippen molar-refractivity contribution in [2.24, 2.45) is 0 Å². The van der Waals surface area contributed by atoms with Crippen LogP contribution in [0, 0.1) is 0 Å². The maximum atomic E-state index is 12.5. The SMILES string of the molecule is O=C(CCCn1cccn1)NNC(=O)c1cccc(S(=O)(=O)NCc2ccccc2)c1. The third kappa shape index (κ3) is 6.76. The van der Waals surface area contributed by atoms with Crippen LogP contribution in [0.4, 0.5) is 0 Å². The van der Waals surface area contributed by atoms with Crippen molar-refractivity contribution in [3.8, 4) is 0 Å². The van der Waals surface area contributed by atoms with Crippen molar-refractivity contribution in [2.45, 2.75) is 30.8 Å². The van der Waals surface area contributed by atoms with E-state index in [2.05, 4.69) is 20.7 Å². The van der Waals surface area contributed by atoms with E-state index in [1.807, 2.05) is 30.3 Å². The number of nitrogens with one attached hydrogen (secondary N) is 3. The molecule has 0 saturated heterocycles. The highest BCUT2D eigenvalue weighted by molar-refractivity contribution is 7.89. The summed E-state index contributed by atoms with van der Waals surface area (Å²) in [5.41, 5.74) is 5.56. The Kier molecular flexibility index (Phi) is 7.52. The fourth-order valence-electron chi connectivity index (χ4n) is 2.76. The van der Waals surface area contributed by atoms with Gasteiger partial charge in [-0.05, 0) is 36.2 Å². The summed E-state index contributed by atoms with van der Waals surface area (Å²) in [5.74, 6) is -0.964. The minimum absolute atomic E-state index is 0.0402. The highest BCUT2D eigenvalue weighted by Crippen LogP contribution is 2.12. The van der Waals surface area contributed by atoms with E-state index in [1.165, 1.54) is 24.3 Å². The fourth-order valence-corrected chi connectivity index (χ4v) is 3.82. The van der Waals surface area contributed by atoms with Crippen LogP contribution in [-0.2, 0) is 27.9 Å². The van der Waals surface area contributed by atoms with Crippen LogP contribution in [0.15, 0.2) is 78.0 Å². The summed E-state index contributed by atoms with van der Waals surface area (Å²) >= 11 is 0. The highest BCUT2D eigenvalue weighted by Gasteiger charge is 2.16. The van der Waals surface area contributed by atoms with E-state index < -0.39 is 15.9 Å². The molecule has 3 aromatic rings. The molecular formula is C21H23N5O4S. The number of hydrogen-bond donors (Lipinski definition) is 3. The summed E-state index contributed by atoms with van der Waals surface area (Å²) in [6.45, 7) is 0.721. The van der Waals surface area contributed by atoms with Crippen LogP contribution < -0.4 is 15.6 Å². The van der Waals surface area contributed by atoms with Gasteiger partial charge in [0.15, 0.2) is 0 Å². The molecule has 1 aromatic heterocycles. The molecule has 2 aromatic carbocycles. The van der Waals surface area contributed by atoms with Crippen molar-refractivity contribution in [3.63, 3.8) is 0 Å². The monoisotopic (exact) mass is 441 g/mol. The van der Waals surface area contributed by atoms with Crippen LogP contribution >= 0.6 is 0 Å². The third-order valence-electron chi connectivity index (χ3n) is 4.38. The van der Waals surface area contributed by atoms with E-state index in [9.17, 15) is 18.0 Å². The van der Waals surface area contributed by atoms with Gasteiger partial charge in [0.1, 0.15) is 0 Å². The van der Waals surface area contributed by atoms with Gasteiger partial charge in [-0.1, -0.05) is 36.4 Å². The van der Waals surface area contributed by atoms with Crippen molar-refractivity contribution in [2.75, 3.05) is 0 Å². The number of nitrogens with zero attached hydrogens (tertiary/aromatic N) is 2. The zero-order valence-corrected chi connectivity index (χ0v) is 17.5. The molecule has 0 saturated carbocycles. The first kappa shape index (κ1) is 22.2. The molecule has 0 atom stereocenters. The van der Waals surface area contributed by atoms with Gasteiger partial charge >= 0.3 is 0 Å². The van der Waals surface area contributed by atoms with E-state index in [1.54, 1.807) is 23.1 Å². The number of aryl methyl sites for hydroxylation is 1. The first-order chi connectivity index (χ1) is 14.9. The van der Waals surface area contributed by atoms with Gasteiger partial charge in [-0.3, -0.25) is 25.1 Å². The lowest BCUT2D eigenvalue weighted by Gasteiger charge is -2.10. The summed E-state index contributed by atoms with van der Waals surface area (Å²) in [6.07, 6.45) is 4.23. The maximum Gasteiger partial charge on any atom is 0.269 e. The van der Waals surface area contributed by atoms with Crippen molar-refractivity contribution in [1.29, 1.82) is 0 Å². The minimum Gasteiger partial charge on any atom is -0.273 e. The number of rotatable bonds is 9. The standard InChI is InChI=1S/C21H23N5O4S/c27-20(11-5-13-26-14-6-12-22-26)24-25-21(28)18-9-4-10-19(15-18)31(29,30)23-16-17-7-2-1-3-8-17/h1-4,6-10,12,14-15,23H,5,11,13,16H2,(H,24,27)(H,25,28). The van der Waals surface area contributed by atoms with Gasteiger partial charge in [0.2, 0.25) is 15.9 Å². The van der Waals surface area contributed by atoms with Gasteiger partial charge in [0, 0.05) is 37.5 Å². The Morgan fingerprint density at radius 2 is 1.77 bits per heavy atom. The smallest absolute Gasteiger partial charge is 0.269 e. The van der Waals surface area contributed by atoms with E-state index in [0.29, 0.717) is 13.0 Å². The molecule has 0 aliphatic rings. The normalized spacial score (nSPS) is 11.1. The number of hydrazine groups is 1. The molecule has 0 aliphatic carbocycles. The van der Waals surface area contributed by atoms with E-state index in [-0.39, 0.29) is 29.3 Å². The summed E-state index contributed by atoms with van der Waals surface area (Å²) in [6, 6.07) is 16.5. The van der Waals surface area contributed by atoms with Crippen LogP contribution in [0.2, 0.25) is 0 Å². The van der Waals surface area contributed by atoms with Gasteiger partial charge in [-0.2, -0.15) is 5.10 Å². The van der Waals surface area contributed by atoms with Crippen molar-refractivity contribution >= 4 is 21.8 Å². The quantitative estimate of drug-likeness (QED) is 0.436. The average molecular weight is 442 g/mol. The van der Waals surface area contributed by atoms with Crippen LogP contribution in [0.1, 0.15) is 28.8 Å². The van der Waals surface area contributed by atoms with Gasteiger partial charge in [-0.15, -0.1) is 0 Å². The summed E-state index contributed by atoms with van der Waals surface area (Å²) in [5, 5.41) is 4.05. The Bertz CT molecular complexity index is 1120. The number of benzene rings is 2. The molecule has 1 heterocycles. The fraction of sp³-hybridized carbons (Fsp3) is 0.190. The van der Waals surface area contributed by atoms with Crippen molar-refractivity contribution in [1.82, 2.24) is 25.4 Å². The van der Waals surface area contributed by atoms with Gasteiger partial charge in [-0.25, -0.2) is 13.1 Å². The lowest BCUT2D eigenvalue weighted by molar-refractivity contribution is -0.122. The van der Waals surface area contributed by atoms with Crippen molar-refractivity contribution in [3.05, 3.63) is 84.2 Å². The predicted molar refractivity (Wildman–Crippen MR) is 114 cm³/mol. The molecule has 0 spiro atoms. The molecule has 0 unspecified atom stereocenters. The number of amides is 2. The second kappa shape index (κ2) is 10.5. The molecule has 0 aliphatic heterocycles. The highest BCUT2D eigenvalue weighted by atomic mass is 32.2. The van der Waals surface area contributed by atoms with Crippen molar-refractivity contribution < 1.29 is 18.0 Å². The molecule has 2 amide bonds. The molecule has 0 bridgehead atoms. The van der Waals surface area contributed by atoms with E-state index >= 15 is 0 Å². The molecule has 3 N–H and O–H groups in total. The molecule has 0 fully saturated rings. The van der Waals surface area contributed by atoms with Crippen LogP contribution in [-0.4, -0.2) is 30.0 Å². The topological polar surface area (TPSA) is 122 Å². The first-order valence-electron chi connectivity index (χ1n) is 9.64. The molecule has 10 heteroatoms. The average Bonchev–Trinajstić information content (AvgIpc) is 3.30. The Balaban J connectivity index is 1.51. The van der Waals surface area contributed by atoms with Crippen LogP contribution in [0.3, 0.4) is 0 Å². The summed E-state index contributed by atoms with van der Waals surface area (Å²) < 4.78 is 29.3. The number of hydrogen-bond acceptors (Lipinski definition) is 5. The Hall–Kier alpha value is -3.50. The lowest BCUT2D eigenvalue weighted by Crippen LogP contribution is -2.41. The molecular weight excluding hydrogens is 418 g/mol. The number of aromatic nitrogens is 2. The zero-order valence-electron chi connectivity index (χ0n) is 16.7. The number of carbonyl (C=O) groups excluding carboxylic acids is 2. The minimum atomic E-state index is -3.80. The third-order valence-corrected chi connectivity index (χ3v) is 5.78. The summed E-state index contributed by atoms with van der Waals surface area (Å²) in [7, 11) is -3.80. The second-order valence-electron chi connectivity index (χ2n) is 6.71. The molecule has 31 heavy (non-hydrogen) atoms. The Labute approximate surface area is 180 Å². The second-order valence-corrected chi connectivity index (χ2v) is 8.48.